The van der Waals surface area contributed by atoms with Crippen molar-refractivity contribution in [1.82, 2.24) is 21.6 Å². The molecule has 0 aromatic carbocycles. The van der Waals surface area contributed by atoms with Crippen molar-refractivity contribution >= 4 is 0 Å². The minimum atomic E-state index is 0.795. The summed E-state index contributed by atoms with van der Waals surface area (Å²) in [5.74, 6) is 5.10. The first-order valence-corrected chi connectivity index (χ1v) is 3.07. The van der Waals surface area contributed by atoms with Crippen molar-refractivity contribution in [3.63, 3.8) is 0 Å². The topological polar surface area (TPSA) is 65.3 Å². The highest BCUT2D eigenvalue weighted by molar-refractivity contribution is 4.30. The van der Waals surface area contributed by atoms with E-state index >= 15 is 0 Å². The van der Waals surface area contributed by atoms with Gasteiger partial charge < -0.3 is 0 Å². The minimum absolute atomic E-state index is 0.795. The average molecular weight is 133 g/mol. The standard InChI is InChI=1S/C4H15N5/c1-3-6-8-9(4-2)7-5/h6-8H,3-5H2,1-2H3. The quantitative estimate of drug-likeness (QED) is 0.278. The van der Waals surface area contributed by atoms with Crippen LogP contribution in [0.15, 0.2) is 0 Å². The summed E-state index contributed by atoms with van der Waals surface area (Å²) >= 11 is 0. The number of hydrogen-bond donors (Lipinski definition) is 4. The predicted octanol–water partition coefficient (Wildman–Crippen LogP) is -1.28. The fourth-order valence-corrected chi connectivity index (χ4v) is 0.377. The first-order valence-electron chi connectivity index (χ1n) is 3.07. The molecule has 5 N–H and O–H groups in total. The monoisotopic (exact) mass is 133 g/mol. The zero-order valence-electron chi connectivity index (χ0n) is 5.94. The van der Waals surface area contributed by atoms with Gasteiger partial charge in [-0.3, -0.25) is 5.84 Å². The largest absolute Gasteiger partial charge is 0.256 e. The van der Waals surface area contributed by atoms with Gasteiger partial charge in [-0.15, -0.1) is 0 Å². The third-order valence-electron chi connectivity index (χ3n) is 0.863. The van der Waals surface area contributed by atoms with E-state index in [1.807, 2.05) is 13.8 Å². The van der Waals surface area contributed by atoms with Crippen LogP contribution in [-0.4, -0.2) is 18.2 Å². The summed E-state index contributed by atoms with van der Waals surface area (Å²) in [5, 5.41) is 1.63. The Bertz CT molecular complexity index is 52.9. The van der Waals surface area contributed by atoms with Gasteiger partial charge in [-0.05, 0) is 6.92 Å². The molecule has 0 aromatic rings. The SMILES string of the molecule is CCNNN(CC)NN. The summed E-state index contributed by atoms with van der Waals surface area (Å²) in [4.78, 5) is 0. The molecule has 0 saturated carbocycles. The molecule has 0 amide bonds. The van der Waals surface area contributed by atoms with Crippen LogP contribution in [0.4, 0.5) is 0 Å². The van der Waals surface area contributed by atoms with Crippen LogP contribution in [0.3, 0.4) is 0 Å². The summed E-state index contributed by atoms with van der Waals surface area (Å²) in [6, 6.07) is 0. The molecule has 0 bridgehead atoms. The molecule has 0 spiro atoms. The lowest BCUT2D eigenvalue weighted by molar-refractivity contribution is 0.0948. The van der Waals surface area contributed by atoms with Crippen LogP contribution < -0.4 is 22.3 Å². The molecule has 0 radical (unpaired) electrons. The number of nitrogens with one attached hydrogen (secondary N) is 3. The third-order valence-corrected chi connectivity index (χ3v) is 0.863. The van der Waals surface area contributed by atoms with E-state index in [1.165, 1.54) is 0 Å². The molecule has 0 rings (SSSR count). The summed E-state index contributed by atoms with van der Waals surface area (Å²) in [5.41, 5.74) is 8.15. The number of hydrazine groups is 4. The van der Waals surface area contributed by atoms with Gasteiger partial charge in [0.2, 0.25) is 0 Å². The van der Waals surface area contributed by atoms with E-state index in [2.05, 4.69) is 16.5 Å². The normalized spacial score (nSPS) is 10.7. The van der Waals surface area contributed by atoms with Crippen LogP contribution in [0.25, 0.3) is 0 Å². The van der Waals surface area contributed by atoms with Gasteiger partial charge in [0.1, 0.15) is 0 Å². The summed E-state index contributed by atoms with van der Waals surface area (Å²) in [7, 11) is 0. The number of nitrogens with two attached hydrogens (primary N) is 1. The van der Waals surface area contributed by atoms with Crippen molar-refractivity contribution in [2.75, 3.05) is 13.1 Å². The fraction of sp³-hybridized carbons (Fsp3) is 1.00. The second kappa shape index (κ2) is 5.93. The van der Waals surface area contributed by atoms with Crippen molar-refractivity contribution < 1.29 is 0 Å². The number of hydrogen-bond acceptors (Lipinski definition) is 5. The Morgan fingerprint density at radius 2 is 2.11 bits per heavy atom. The van der Waals surface area contributed by atoms with Crippen LogP contribution in [-0.2, 0) is 0 Å². The molecule has 0 saturated heterocycles. The average Bonchev–Trinajstić information content (AvgIpc) is 1.91. The lowest BCUT2D eigenvalue weighted by Crippen LogP contribution is -2.56. The lowest BCUT2D eigenvalue weighted by atomic mass is 10.8. The van der Waals surface area contributed by atoms with Gasteiger partial charge in [0.25, 0.3) is 0 Å². The second-order valence-corrected chi connectivity index (χ2v) is 1.52. The molecular formula is C4H15N5. The van der Waals surface area contributed by atoms with E-state index in [9.17, 15) is 0 Å². The molecule has 5 heteroatoms. The molecule has 0 aromatic heterocycles. The highest BCUT2D eigenvalue weighted by atomic mass is 15.9. The molecule has 0 aliphatic carbocycles. The van der Waals surface area contributed by atoms with Crippen LogP contribution in [0.1, 0.15) is 13.8 Å². The van der Waals surface area contributed by atoms with Crippen LogP contribution in [0.2, 0.25) is 0 Å². The smallest absolute Gasteiger partial charge is 0.0287 e. The molecule has 0 atom stereocenters. The predicted molar refractivity (Wildman–Crippen MR) is 36.5 cm³/mol. The molecule has 56 valence electrons. The second-order valence-electron chi connectivity index (χ2n) is 1.52. The zero-order valence-corrected chi connectivity index (χ0v) is 5.94. The molecule has 0 heterocycles. The van der Waals surface area contributed by atoms with Crippen molar-refractivity contribution in [2.45, 2.75) is 13.8 Å². The van der Waals surface area contributed by atoms with E-state index in [1.54, 1.807) is 5.12 Å². The first-order chi connectivity index (χ1) is 4.35. The van der Waals surface area contributed by atoms with Crippen molar-refractivity contribution in [2.24, 2.45) is 5.84 Å². The Balaban J connectivity index is 3.09. The van der Waals surface area contributed by atoms with Gasteiger partial charge in [-0.1, -0.05) is 6.92 Å². The molecule has 5 nitrogen and oxygen atoms in total. The van der Waals surface area contributed by atoms with Crippen LogP contribution in [0.5, 0.6) is 0 Å². The lowest BCUT2D eigenvalue weighted by Gasteiger charge is -2.18. The maximum absolute atomic E-state index is 5.10. The summed E-state index contributed by atoms with van der Waals surface area (Å²) in [6.45, 7) is 5.63. The number of nitrogens with zero attached hydrogens (tertiary/aromatic N) is 1. The van der Waals surface area contributed by atoms with E-state index in [0.29, 0.717) is 0 Å². The van der Waals surface area contributed by atoms with Gasteiger partial charge in [0.15, 0.2) is 0 Å². The fourth-order valence-electron chi connectivity index (χ4n) is 0.377. The Morgan fingerprint density at radius 1 is 1.44 bits per heavy atom. The Morgan fingerprint density at radius 3 is 2.44 bits per heavy atom. The minimum Gasteiger partial charge on any atom is -0.256 e. The number of rotatable bonds is 5. The first kappa shape index (κ1) is 8.80. The Labute approximate surface area is 55.5 Å². The molecule has 0 aliphatic rings. The third kappa shape index (κ3) is 4.31. The zero-order chi connectivity index (χ0) is 7.11. The van der Waals surface area contributed by atoms with Gasteiger partial charge in [-0.25, -0.2) is 5.43 Å². The molecule has 9 heavy (non-hydrogen) atoms. The maximum atomic E-state index is 5.10. The Hall–Kier alpha value is -0.200. The molecule has 0 unspecified atom stereocenters. The van der Waals surface area contributed by atoms with Crippen molar-refractivity contribution in [1.29, 1.82) is 0 Å². The summed E-state index contributed by atoms with van der Waals surface area (Å²) in [6.07, 6.45) is 0. The highest BCUT2D eigenvalue weighted by Gasteiger charge is 1.91. The van der Waals surface area contributed by atoms with Crippen LogP contribution >= 0.6 is 0 Å². The van der Waals surface area contributed by atoms with E-state index in [4.69, 9.17) is 5.84 Å². The summed E-state index contributed by atoms with van der Waals surface area (Å²) < 4.78 is 0. The molecular weight excluding hydrogens is 118 g/mol. The van der Waals surface area contributed by atoms with E-state index in [0.717, 1.165) is 13.1 Å². The van der Waals surface area contributed by atoms with Crippen LogP contribution in [0, 0.1) is 0 Å². The molecule has 0 aliphatic heterocycles. The van der Waals surface area contributed by atoms with E-state index < -0.39 is 0 Å². The van der Waals surface area contributed by atoms with Crippen molar-refractivity contribution in [3.8, 4) is 0 Å². The van der Waals surface area contributed by atoms with Gasteiger partial charge in [0.05, 0.1) is 0 Å². The molecule has 0 fully saturated rings. The maximum Gasteiger partial charge on any atom is 0.0287 e. The van der Waals surface area contributed by atoms with Gasteiger partial charge in [-0.2, -0.15) is 16.2 Å². The highest BCUT2D eigenvalue weighted by Crippen LogP contribution is 1.64. The Kier molecular flexibility index (Phi) is 5.80. The van der Waals surface area contributed by atoms with Gasteiger partial charge in [0, 0.05) is 13.1 Å². The van der Waals surface area contributed by atoms with E-state index in [-0.39, 0.29) is 0 Å². The van der Waals surface area contributed by atoms with Gasteiger partial charge >= 0.3 is 0 Å². The van der Waals surface area contributed by atoms with Crippen molar-refractivity contribution in [3.05, 3.63) is 0 Å².